The Balaban J connectivity index is 2.07. The number of halogens is 3. The second-order valence-electron chi connectivity index (χ2n) is 5.95. The smallest absolute Gasteiger partial charge is 0.416 e. The van der Waals surface area contributed by atoms with Crippen molar-refractivity contribution in [3.63, 3.8) is 0 Å². The third kappa shape index (κ3) is 4.27. The third-order valence-corrected chi connectivity index (χ3v) is 5.11. The zero-order valence-corrected chi connectivity index (χ0v) is 15.5. The zero-order valence-electron chi connectivity index (χ0n) is 14.7. The molecule has 0 aliphatic rings. The average molecular weight is 394 g/mol. The van der Waals surface area contributed by atoms with Crippen LogP contribution in [0.3, 0.4) is 0 Å². The predicted octanol–water partition coefficient (Wildman–Crippen LogP) is 4.76. The van der Waals surface area contributed by atoms with Crippen molar-refractivity contribution in [2.45, 2.75) is 30.1 Å². The van der Waals surface area contributed by atoms with Crippen LogP contribution in [0.15, 0.2) is 53.7 Å². The second-order valence-corrected chi connectivity index (χ2v) is 7.26. The fourth-order valence-corrected chi connectivity index (χ4v) is 3.61. The summed E-state index contributed by atoms with van der Waals surface area (Å²) < 4.78 is 45.6. The number of methoxy groups -OCH3 is 1. The first kappa shape index (κ1) is 19.3. The van der Waals surface area contributed by atoms with Gasteiger partial charge >= 0.3 is 12.1 Å². The van der Waals surface area contributed by atoms with Crippen molar-refractivity contribution in [2.24, 2.45) is 0 Å². The summed E-state index contributed by atoms with van der Waals surface area (Å²) in [5.41, 5.74) is 1.04. The van der Waals surface area contributed by atoms with Crippen molar-refractivity contribution >= 4 is 28.8 Å². The van der Waals surface area contributed by atoms with Gasteiger partial charge in [-0.3, -0.25) is 4.79 Å². The number of hydrogen-bond donors (Lipinski definition) is 0. The Morgan fingerprint density at radius 2 is 1.93 bits per heavy atom. The lowest BCUT2D eigenvalue weighted by molar-refractivity contribution is -0.139. The van der Waals surface area contributed by atoms with E-state index in [1.54, 1.807) is 6.92 Å². The minimum atomic E-state index is -4.44. The van der Waals surface area contributed by atoms with E-state index in [9.17, 15) is 18.0 Å². The van der Waals surface area contributed by atoms with Crippen LogP contribution < -0.4 is 0 Å². The van der Waals surface area contributed by atoms with E-state index >= 15 is 0 Å². The van der Waals surface area contributed by atoms with Crippen molar-refractivity contribution in [1.29, 1.82) is 0 Å². The fourth-order valence-electron chi connectivity index (χ4n) is 2.66. The average Bonchev–Trinajstić information content (AvgIpc) is 2.97. The van der Waals surface area contributed by atoms with Gasteiger partial charge in [-0.05, 0) is 30.7 Å². The van der Waals surface area contributed by atoms with Crippen molar-refractivity contribution in [3.8, 4) is 0 Å². The molecule has 0 radical (unpaired) electrons. The van der Waals surface area contributed by atoms with Crippen LogP contribution in [-0.4, -0.2) is 27.9 Å². The van der Waals surface area contributed by atoms with E-state index in [2.05, 4.69) is 4.98 Å². The molecule has 2 aromatic carbocycles. The van der Waals surface area contributed by atoms with Crippen molar-refractivity contribution < 1.29 is 22.7 Å². The molecule has 8 heteroatoms. The molecule has 0 N–H and O–H groups in total. The molecule has 27 heavy (non-hydrogen) atoms. The summed E-state index contributed by atoms with van der Waals surface area (Å²) in [6.07, 6.45) is -4.44. The van der Waals surface area contributed by atoms with Gasteiger partial charge < -0.3 is 9.30 Å². The van der Waals surface area contributed by atoms with Gasteiger partial charge in [-0.1, -0.05) is 42.1 Å². The van der Waals surface area contributed by atoms with Gasteiger partial charge in [0.25, 0.3) is 0 Å². The lowest BCUT2D eigenvalue weighted by atomic mass is 10.2. The number of carbonyl (C=O) groups is 1. The van der Waals surface area contributed by atoms with Crippen LogP contribution in [0.5, 0.6) is 0 Å². The molecule has 1 unspecified atom stereocenters. The Labute approximate surface area is 158 Å². The predicted molar refractivity (Wildman–Crippen MR) is 97.6 cm³/mol. The molecule has 1 aromatic heterocycles. The number of imidazole rings is 1. The molecular formula is C19H17F3N2O2S. The van der Waals surface area contributed by atoms with Crippen LogP contribution in [0.2, 0.25) is 0 Å². The molecule has 0 amide bonds. The summed E-state index contributed by atoms with van der Waals surface area (Å²) in [5.74, 6) is -0.422. The van der Waals surface area contributed by atoms with E-state index in [1.165, 1.54) is 13.2 Å². The molecule has 142 valence electrons. The monoisotopic (exact) mass is 394 g/mol. The highest BCUT2D eigenvalue weighted by atomic mass is 32.2. The molecule has 0 saturated heterocycles. The molecule has 0 fully saturated rings. The highest BCUT2D eigenvalue weighted by Gasteiger charge is 2.31. The Kier molecular flexibility index (Phi) is 5.46. The molecule has 0 saturated carbocycles. The van der Waals surface area contributed by atoms with Crippen LogP contribution >= 0.6 is 11.8 Å². The number of carbonyl (C=O) groups excluding carboxylic acids is 1. The number of esters is 1. The van der Waals surface area contributed by atoms with Gasteiger partial charge in [0.05, 0.1) is 30.3 Å². The number of fused-ring (bicyclic) bond motifs is 1. The lowest BCUT2D eigenvalue weighted by Crippen LogP contribution is -2.15. The van der Waals surface area contributed by atoms with E-state index in [1.807, 2.05) is 34.9 Å². The van der Waals surface area contributed by atoms with Gasteiger partial charge in [-0.25, -0.2) is 4.98 Å². The van der Waals surface area contributed by atoms with Gasteiger partial charge in [-0.2, -0.15) is 13.2 Å². The fraction of sp³-hybridized carbons (Fsp3) is 0.263. The summed E-state index contributed by atoms with van der Waals surface area (Å²) in [6.45, 7) is 2.10. The largest absolute Gasteiger partial charge is 0.468 e. The van der Waals surface area contributed by atoms with Gasteiger partial charge in [0.1, 0.15) is 5.25 Å². The minimum Gasteiger partial charge on any atom is -0.468 e. The SMILES string of the molecule is COC(=O)C(C)Sc1nc2cc(C(F)(F)F)ccc2n1Cc1ccccc1. The maximum Gasteiger partial charge on any atom is 0.416 e. The van der Waals surface area contributed by atoms with Crippen molar-refractivity contribution in [2.75, 3.05) is 7.11 Å². The number of alkyl halides is 3. The van der Waals surface area contributed by atoms with E-state index < -0.39 is 23.0 Å². The summed E-state index contributed by atoms with van der Waals surface area (Å²) in [7, 11) is 1.29. The standard InChI is InChI=1S/C19H17F3N2O2S/c1-12(17(25)26-2)27-18-23-15-10-14(19(20,21)22)8-9-16(15)24(18)11-13-6-4-3-5-7-13/h3-10,12H,11H2,1-2H3. The number of aromatic nitrogens is 2. The molecular weight excluding hydrogens is 377 g/mol. The summed E-state index contributed by atoms with van der Waals surface area (Å²) in [6, 6.07) is 13.0. The third-order valence-electron chi connectivity index (χ3n) is 4.04. The van der Waals surface area contributed by atoms with Crippen LogP contribution in [0.25, 0.3) is 11.0 Å². The van der Waals surface area contributed by atoms with E-state index in [0.717, 1.165) is 29.5 Å². The second kappa shape index (κ2) is 7.64. The Morgan fingerprint density at radius 1 is 1.22 bits per heavy atom. The quantitative estimate of drug-likeness (QED) is 0.462. The van der Waals surface area contributed by atoms with E-state index in [4.69, 9.17) is 4.74 Å². The topological polar surface area (TPSA) is 44.1 Å². The minimum absolute atomic E-state index is 0.236. The number of nitrogens with zero attached hydrogens (tertiary/aromatic N) is 2. The Bertz CT molecular complexity index is 955. The van der Waals surface area contributed by atoms with Crippen LogP contribution in [0, 0.1) is 0 Å². The van der Waals surface area contributed by atoms with Gasteiger partial charge in [0, 0.05) is 0 Å². The van der Waals surface area contributed by atoms with Gasteiger partial charge in [0.2, 0.25) is 0 Å². The number of rotatable bonds is 5. The molecule has 0 spiro atoms. The molecule has 3 aromatic rings. The summed E-state index contributed by atoms with van der Waals surface area (Å²) in [4.78, 5) is 16.1. The normalized spacial score (nSPS) is 12.9. The van der Waals surface area contributed by atoms with Crippen LogP contribution in [-0.2, 0) is 22.3 Å². The Hall–Kier alpha value is -2.48. The number of benzene rings is 2. The maximum absolute atomic E-state index is 13.0. The van der Waals surface area contributed by atoms with Gasteiger partial charge in [-0.15, -0.1) is 0 Å². The molecule has 4 nitrogen and oxygen atoms in total. The van der Waals surface area contributed by atoms with E-state index in [0.29, 0.717) is 17.2 Å². The maximum atomic E-state index is 13.0. The summed E-state index contributed by atoms with van der Waals surface area (Å²) in [5, 5.41) is -0.0745. The Morgan fingerprint density at radius 3 is 2.56 bits per heavy atom. The molecule has 0 aliphatic heterocycles. The number of hydrogen-bond acceptors (Lipinski definition) is 4. The van der Waals surface area contributed by atoms with Crippen molar-refractivity contribution in [3.05, 3.63) is 59.7 Å². The first-order valence-electron chi connectivity index (χ1n) is 8.15. The first-order valence-corrected chi connectivity index (χ1v) is 9.03. The highest BCUT2D eigenvalue weighted by Crippen LogP contribution is 2.34. The van der Waals surface area contributed by atoms with E-state index in [-0.39, 0.29) is 5.52 Å². The van der Waals surface area contributed by atoms with Crippen LogP contribution in [0.1, 0.15) is 18.1 Å². The number of ether oxygens (including phenoxy) is 1. The van der Waals surface area contributed by atoms with Gasteiger partial charge in [0.15, 0.2) is 5.16 Å². The molecule has 3 rings (SSSR count). The summed E-state index contributed by atoms with van der Waals surface area (Å²) >= 11 is 1.16. The first-order chi connectivity index (χ1) is 12.8. The lowest BCUT2D eigenvalue weighted by Gasteiger charge is -2.12. The molecule has 1 heterocycles. The molecule has 1 atom stereocenters. The number of thioether (sulfide) groups is 1. The molecule has 0 bridgehead atoms. The zero-order chi connectivity index (χ0) is 19.6. The molecule has 0 aliphatic carbocycles. The van der Waals surface area contributed by atoms with Crippen molar-refractivity contribution in [1.82, 2.24) is 9.55 Å². The highest BCUT2D eigenvalue weighted by molar-refractivity contribution is 8.00. The van der Waals surface area contributed by atoms with Crippen LogP contribution in [0.4, 0.5) is 13.2 Å².